The van der Waals surface area contributed by atoms with Gasteiger partial charge in [0.1, 0.15) is 0 Å². The number of hydrogen-bond acceptors (Lipinski definition) is 1. The van der Waals surface area contributed by atoms with Crippen molar-refractivity contribution in [1.82, 2.24) is 0 Å². The minimum absolute atomic E-state index is 0. The lowest BCUT2D eigenvalue weighted by molar-refractivity contribution is 0.126. The average Bonchev–Trinajstić information content (AvgIpc) is 2.03. The molecule has 0 bridgehead atoms. The van der Waals surface area contributed by atoms with Gasteiger partial charge < -0.3 is 10.2 Å². The highest BCUT2D eigenvalue weighted by Crippen LogP contribution is 1.97. The van der Waals surface area contributed by atoms with Crippen molar-refractivity contribution in [1.29, 1.82) is 0 Å². The van der Waals surface area contributed by atoms with Crippen LogP contribution >= 0.6 is 0 Å². The fraction of sp³-hybridized carbons (Fsp3) is 1.00. The molecule has 0 saturated heterocycles. The van der Waals surface area contributed by atoms with Gasteiger partial charge in [-0.3, -0.25) is 0 Å². The van der Waals surface area contributed by atoms with E-state index in [2.05, 4.69) is 13.8 Å². The number of unbranched alkanes of at least 4 members (excludes halogenated alkanes) is 4. The molecular weight excluding hydrogens is 164 g/mol. The third kappa shape index (κ3) is 18.7. The molecule has 0 aromatic heterocycles. The van der Waals surface area contributed by atoms with Crippen LogP contribution in [0.2, 0.25) is 0 Å². The van der Waals surface area contributed by atoms with Crippen LogP contribution in [0.1, 0.15) is 59.8 Å². The molecular formula is C11H28O2. The Kier molecular flexibility index (Phi) is 25.6. The molecule has 0 fully saturated rings. The molecule has 2 N–H and O–H groups in total. The lowest BCUT2D eigenvalue weighted by atomic mass is 10.2. The molecule has 2 nitrogen and oxygen atoms in total. The summed E-state index contributed by atoms with van der Waals surface area (Å²) in [6, 6.07) is 0. The predicted molar refractivity (Wildman–Crippen MR) is 60.2 cm³/mol. The largest absolute Gasteiger partial charge is 0.412 e. The first-order valence-corrected chi connectivity index (χ1v) is 4.99. The lowest BCUT2D eigenvalue weighted by Crippen LogP contribution is -1.96. The van der Waals surface area contributed by atoms with Crippen molar-refractivity contribution in [2.45, 2.75) is 59.8 Å². The molecule has 0 heterocycles. The predicted octanol–water partition coefficient (Wildman–Crippen LogP) is 3.19. The van der Waals surface area contributed by atoms with Crippen LogP contribution in [0.15, 0.2) is 0 Å². The van der Waals surface area contributed by atoms with E-state index in [9.17, 15) is 0 Å². The topological polar surface area (TPSA) is 40.7 Å². The van der Waals surface area contributed by atoms with Gasteiger partial charge in [0.15, 0.2) is 0 Å². The molecule has 0 atom stereocenters. The summed E-state index contributed by atoms with van der Waals surface area (Å²) in [4.78, 5) is 0. The van der Waals surface area contributed by atoms with Crippen LogP contribution in [0.4, 0.5) is 0 Å². The summed E-state index contributed by atoms with van der Waals surface area (Å²) in [5.74, 6) is 0. The summed E-state index contributed by atoms with van der Waals surface area (Å²) in [5.41, 5.74) is 0. The molecule has 0 aliphatic heterocycles. The van der Waals surface area contributed by atoms with E-state index in [1.165, 1.54) is 38.5 Å². The standard InChI is InChI=1S/C10H22O.CH4.H2O/c1-3-5-7-9-11-10-8-6-4-2;;/h3-10H2,1-2H3;1H4;1H2. The van der Waals surface area contributed by atoms with E-state index < -0.39 is 0 Å². The van der Waals surface area contributed by atoms with Gasteiger partial charge >= 0.3 is 0 Å². The van der Waals surface area contributed by atoms with Crippen LogP contribution in [0.3, 0.4) is 0 Å². The van der Waals surface area contributed by atoms with Crippen LogP contribution in [0.5, 0.6) is 0 Å². The first-order valence-electron chi connectivity index (χ1n) is 4.99. The quantitative estimate of drug-likeness (QED) is 0.544. The zero-order valence-electron chi connectivity index (χ0n) is 8.57. The maximum absolute atomic E-state index is 5.44. The fourth-order valence-corrected chi connectivity index (χ4v) is 1.01. The average molecular weight is 192 g/mol. The highest BCUT2D eigenvalue weighted by atomic mass is 16.5. The van der Waals surface area contributed by atoms with E-state index >= 15 is 0 Å². The Bertz CT molecular complexity index is 57.1. The Morgan fingerprint density at radius 1 is 0.769 bits per heavy atom. The van der Waals surface area contributed by atoms with Crippen LogP contribution in [-0.2, 0) is 4.74 Å². The third-order valence-corrected chi connectivity index (χ3v) is 1.78. The van der Waals surface area contributed by atoms with Crippen molar-refractivity contribution in [3.63, 3.8) is 0 Å². The van der Waals surface area contributed by atoms with Crippen LogP contribution < -0.4 is 0 Å². The molecule has 0 spiro atoms. The first kappa shape index (κ1) is 18.7. The van der Waals surface area contributed by atoms with Crippen molar-refractivity contribution in [3.8, 4) is 0 Å². The lowest BCUT2D eigenvalue weighted by Gasteiger charge is -2.01. The zero-order chi connectivity index (χ0) is 8.36. The fourth-order valence-electron chi connectivity index (χ4n) is 1.01. The monoisotopic (exact) mass is 192 g/mol. The maximum Gasteiger partial charge on any atom is 0.0466 e. The summed E-state index contributed by atoms with van der Waals surface area (Å²) in [5, 5.41) is 0. The van der Waals surface area contributed by atoms with Gasteiger partial charge in [-0.15, -0.1) is 0 Å². The first-order chi connectivity index (χ1) is 5.41. The van der Waals surface area contributed by atoms with E-state index in [-0.39, 0.29) is 12.9 Å². The molecule has 0 aliphatic carbocycles. The second kappa shape index (κ2) is 17.9. The van der Waals surface area contributed by atoms with E-state index in [0.717, 1.165) is 13.2 Å². The van der Waals surface area contributed by atoms with E-state index in [4.69, 9.17) is 4.74 Å². The molecule has 0 aromatic carbocycles. The van der Waals surface area contributed by atoms with E-state index in [1.807, 2.05) is 0 Å². The van der Waals surface area contributed by atoms with Crippen molar-refractivity contribution in [2.75, 3.05) is 13.2 Å². The maximum atomic E-state index is 5.44. The van der Waals surface area contributed by atoms with E-state index in [1.54, 1.807) is 0 Å². The highest BCUT2D eigenvalue weighted by Gasteiger charge is 1.88. The van der Waals surface area contributed by atoms with E-state index in [0.29, 0.717) is 0 Å². The molecule has 0 radical (unpaired) electrons. The van der Waals surface area contributed by atoms with Gasteiger partial charge in [0.25, 0.3) is 0 Å². The number of ether oxygens (including phenoxy) is 1. The summed E-state index contributed by atoms with van der Waals surface area (Å²) in [6.45, 7) is 6.38. The highest BCUT2D eigenvalue weighted by molar-refractivity contribution is 4.38. The van der Waals surface area contributed by atoms with Gasteiger partial charge in [-0.05, 0) is 12.8 Å². The number of rotatable bonds is 8. The van der Waals surface area contributed by atoms with Gasteiger partial charge in [-0.2, -0.15) is 0 Å². The smallest absolute Gasteiger partial charge is 0.0466 e. The summed E-state index contributed by atoms with van der Waals surface area (Å²) in [6.07, 6.45) is 7.68. The second-order valence-corrected chi connectivity index (χ2v) is 3.03. The molecule has 0 aromatic rings. The van der Waals surface area contributed by atoms with Crippen molar-refractivity contribution in [3.05, 3.63) is 0 Å². The zero-order valence-corrected chi connectivity index (χ0v) is 8.57. The molecule has 0 saturated carbocycles. The summed E-state index contributed by atoms with van der Waals surface area (Å²) in [7, 11) is 0. The Labute approximate surface area is 84.0 Å². The molecule has 2 heteroatoms. The SMILES string of the molecule is C.CCCCCOCCCCC.O. The van der Waals surface area contributed by atoms with Gasteiger partial charge in [0, 0.05) is 13.2 Å². The molecule has 0 amide bonds. The minimum atomic E-state index is 0. The Balaban J connectivity index is -0.000000500. The Morgan fingerprint density at radius 2 is 1.15 bits per heavy atom. The number of hydrogen-bond donors (Lipinski definition) is 0. The molecule has 0 unspecified atom stereocenters. The normalized spacial score (nSPS) is 8.77. The third-order valence-electron chi connectivity index (χ3n) is 1.78. The summed E-state index contributed by atoms with van der Waals surface area (Å²) >= 11 is 0. The Hall–Kier alpha value is -0.0800. The van der Waals surface area contributed by atoms with Crippen LogP contribution in [0.25, 0.3) is 0 Å². The van der Waals surface area contributed by atoms with Crippen molar-refractivity contribution in [2.24, 2.45) is 0 Å². The van der Waals surface area contributed by atoms with Gasteiger partial charge in [-0.1, -0.05) is 47.0 Å². The van der Waals surface area contributed by atoms with Crippen molar-refractivity contribution < 1.29 is 10.2 Å². The second-order valence-electron chi connectivity index (χ2n) is 3.03. The molecule has 13 heavy (non-hydrogen) atoms. The minimum Gasteiger partial charge on any atom is -0.412 e. The van der Waals surface area contributed by atoms with Gasteiger partial charge in [-0.25, -0.2) is 0 Å². The van der Waals surface area contributed by atoms with Gasteiger partial charge in [0.05, 0.1) is 0 Å². The Morgan fingerprint density at radius 3 is 1.46 bits per heavy atom. The molecule has 84 valence electrons. The molecule has 0 rings (SSSR count). The van der Waals surface area contributed by atoms with Crippen LogP contribution in [-0.4, -0.2) is 18.7 Å². The van der Waals surface area contributed by atoms with Crippen LogP contribution in [0, 0.1) is 0 Å². The van der Waals surface area contributed by atoms with Gasteiger partial charge in [0.2, 0.25) is 0 Å². The van der Waals surface area contributed by atoms with Crippen molar-refractivity contribution >= 4 is 0 Å². The summed E-state index contributed by atoms with van der Waals surface area (Å²) < 4.78 is 5.44. The molecule has 0 aliphatic rings.